The highest BCUT2D eigenvalue weighted by Gasteiger charge is 2.10. The number of halogens is 1. The highest BCUT2D eigenvalue weighted by atomic mass is 35.5. The highest BCUT2D eigenvalue weighted by molar-refractivity contribution is 6.31. The van der Waals surface area contributed by atoms with Gasteiger partial charge < -0.3 is 5.73 Å². The molecule has 0 saturated carbocycles. The Morgan fingerprint density at radius 1 is 1.62 bits per heavy atom. The summed E-state index contributed by atoms with van der Waals surface area (Å²) >= 11 is 6.05. The molecule has 1 aromatic carbocycles. The number of nitrogens with two attached hydrogens (primary N) is 1. The summed E-state index contributed by atoms with van der Waals surface area (Å²) in [4.78, 5) is 0. The van der Waals surface area contributed by atoms with Gasteiger partial charge in [0.2, 0.25) is 0 Å². The maximum atomic E-state index is 6.05. The van der Waals surface area contributed by atoms with Crippen molar-refractivity contribution in [1.29, 1.82) is 0 Å². The molecule has 0 amide bonds. The molecule has 0 radical (unpaired) electrons. The van der Waals surface area contributed by atoms with Gasteiger partial charge in [-0.2, -0.15) is 0 Å². The maximum Gasteiger partial charge on any atom is 0.0496 e. The minimum absolute atomic E-state index is 0.163. The first-order chi connectivity index (χ1) is 6.20. The SMILES string of the molecule is C=CC(N)c1c(Cl)cccc1CC. The van der Waals surface area contributed by atoms with Gasteiger partial charge in [0.1, 0.15) is 0 Å². The van der Waals surface area contributed by atoms with Gasteiger partial charge in [-0.1, -0.05) is 36.7 Å². The molecule has 1 unspecified atom stereocenters. The van der Waals surface area contributed by atoms with Crippen LogP contribution >= 0.6 is 11.6 Å². The zero-order valence-corrected chi connectivity index (χ0v) is 8.51. The fraction of sp³-hybridized carbons (Fsp3) is 0.273. The van der Waals surface area contributed by atoms with E-state index in [1.807, 2.05) is 18.2 Å². The predicted molar refractivity (Wildman–Crippen MR) is 58.0 cm³/mol. The van der Waals surface area contributed by atoms with E-state index in [1.54, 1.807) is 6.08 Å². The average Bonchev–Trinajstić information content (AvgIpc) is 2.16. The molecule has 0 aliphatic heterocycles. The summed E-state index contributed by atoms with van der Waals surface area (Å²) in [6.07, 6.45) is 2.65. The molecule has 2 N–H and O–H groups in total. The number of rotatable bonds is 3. The van der Waals surface area contributed by atoms with Crippen molar-refractivity contribution in [2.75, 3.05) is 0 Å². The normalized spacial score (nSPS) is 12.5. The van der Waals surface area contributed by atoms with Crippen LogP contribution in [0.3, 0.4) is 0 Å². The number of hydrogen-bond acceptors (Lipinski definition) is 1. The minimum Gasteiger partial charge on any atom is -0.321 e. The molecule has 13 heavy (non-hydrogen) atoms. The molecule has 1 aromatic rings. The minimum atomic E-state index is -0.163. The first-order valence-electron chi connectivity index (χ1n) is 4.36. The molecule has 70 valence electrons. The second-order valence-electron chi connectivity index (χ2n) is 2.93. The zero-order valence-electron chi connectivity index (χ0n) is 7.76. The number of hydrogen-bond donors (Lipinski definition) is 1. The summed E-state index contributed by atoms with van der Waals surface area (Å²) < 4.78 is 0. The van der Waals surface area contributed by atoms with Crippen LogP contribution in [-0.2, 0) is 6.42 Å². The molecular formula is C11H14ClN. The Morgan fingerprint density at radius 3 is 2.85 bits per heavy atom. The van der Waals surface area contributed by atoms with Gasteiger partial charge in [0.25, 0.3) is 0 Å². The predicted octanol–water partition coefficient (Wildman–Crippen LogP) is 3.09. The molecule has 0 aromatic heterocycles. The van der Waals surface area contributed by atoms with Gasteiger partial charge in [-0.3, -0.25) is 0 Å². The molecule has 1 nitrogen and oxygen atoms in total. The van der Waals surface area contributed by atoms with E-state index in [4.69, 9.17) is 17.3 Å². The molecule has 0 heterocycles. The summed E-state index contributed by atoms with van der Waals surface area (Å²) in [5.74, 6) is 0. The Kier molecular flexibility index (Phi) is 3.52. The van der Waals surface area contributed by atoms with E-state index in [2.05, 4.69) is 13.5 Å². The van der Waals surface area contributed by atoms with E-state index >= 15 is 0 Å². The van der Waals surface area contributed by atoms with Gasteiger partial charge in [-0.05, 0) is 23.6 Å². The van der Waals surface area contributed by atoms with Crippen LogP contribution in [0.1, 0.15) is 24.1 Å². The van der Waals surface area contributed by atoms with E-state index in [9.17, 15) is 0 Å². The lowest BCUT2D eigenvalue weighted by Crippen LogP contribution is -2.09. The Labute approximate surface area is 84.2 Å². The Hall–Kier alpha value is -0.790. The van der Waals surface area contributed by atoms with E-state index in [-0.39, 0.29) is 6.04 Å². The van der Waals surface area contributed by atoms with Crippen LogP contribution in [-0.4, -0.2) is 0 Å². The molecule has 0 saturated heterocycles. The van der Waals surface area contributed by atoms with Crippen LogP contribution in [0.2, 0.25) is 5.02 Å². The quantitative estimate of drug-likeness (QED) is 0.738. The number of aryl methyl sites for hydroxylation is 1. The van der Waals surface area contributed by atoms with Crippen molar-refractivity contribution in [3.63, 3.8) is 0 Å². The van der Waals surface area contributed by atoms with E-state index in [0.29, 0.717) is 0 Å². The summed E-state index contributed by atoms with van der Waals surface area (Å²) in [7, 11) is 0. The lowest BCUT2D eigenvalue weighted by molar-refractivity contribution is 0.886. The standard InChI is InChI=1S/C11H14ClN/c1-3-8-6-5-7-9(12)11(8)10(13)4-2/h4-7,10H,2-3,13H2,1H3. The van der Waals surface area contributed by atoms with Crippen molar-refractivity contribution in [3.8, 4) is 0 Å². The number of benzene rings is 1. The zero-order chi connectivity index (χ0) is 9.84. The molecule has 1 rings (SSSR count). The second-order valence-corrected chi connectivity index (χ2v) is 3.33. The average molecular weight is 196 g/mol. The molecule has 0 fully saturated rings. The molecular weight excluding hydrogens is 182 g/mol. The maximum absolute atomic E-state index is 6.05. The van der Waals surface area contributed by atoms with Crippen molar-refractivity contribution in [2.24, 2.45) is 5.73 Å². The second kappa shape index (κ2) is 4.45. The largest absolute Gasteiger partial charge is 0.321 e. The summed E-state index contributed by atoms with van der Waals surface area (Å²) in [5.41, 5.74) is 8.06. The van der Waals surface area contributed by atoms with Crippen LogP contribution < -0.4 is 5.73 Å². The van der Waals surface area contributed by atoms with Crippen LogP contribution in [0.25, 0.3) is 0 Å². The Balaban J connectivity index is 3.22. The van der Waals surface area contributed by atoms with Crippen LogP contribution in [0.4, 0.5) is 0 Å². The van der Waals surface area contributed by atoms with Crippen LogP contribution in [0, 0.1) is 0 Å². The van der Waals surface area contributed by atoms with Gasteiger partial charge in [0, 0.05) is 11.1 Å². The van der Waals surface area contributed by atoms with E-state index < -0.39 is 0 Å². The Morgan fingerprint density at radius 2 is 2.31 bits per heavy atom. The first kappa shape index (κ1) is 10.3. The van der Waals surface area contributed by atoms with Crippen molar-refractivity contribution >= 4 is 11.6 Å². The fourth-order valence-corrected chi connectivity index (χ4v) is 1.70. The third-order valence-electron chi connectivity index (χ3n) is 2.11. The topological polar surface area (TPSA) is 26.0 Å². The van der Waals surface area contributed by atoms with Gasteiger partial charge in [0.15, 0.2) is 0 Å². The van der Waals surface area contributed by atoms with Gasteiger partial charge in [-0.25, -0.2) is 0 Å². The molecule has 0 bridgehead atoms. The fourth-order valence-electron chi connectivity index (χ4n) is 1.38. The van der Waals surface area contributed by atoms with E-state index in [1.165, 1.54) is 5.56 Å². The molecule has 1 atom stereocenters. The van der Waals surface area contributed by atoms with Crippen molar-refractivity contribution in [3.05, 3.63) is 47.0 Å². The van der Waals surface area contributed by atoms with Crippen LogP contribution in [0.15, 0.2) is 30.9 Å². The summed E-state index contributed by atoms with van der Waals surface area (Å²) in [5, 5.41) is 0.728. The Bertz CT molecular complexity index is 307. The lowest BCUT2D eigenvalue weighted by Gasteiger charge is -2.13. The third kappa shape index (κ3) is 2.11. The molecule has 0 spiro atoms. The van der Waals surface area contributed by atoms with Gasteiger partial charge in [-0.15, -0.1) is 6.58 Å². The van der Waals surface area contributed by atoms with Crippen molar-refractivity contribution < 1.29 is 0 Å². The lowest BCUT2D eigenvalue weighted by atomic mass is 9.99. The monoisotopic (exact) mass is 195 g/mol. The molecule has 2 heteroatoms. The van der Waals surface area contributed by atoms with Crippen molar-refractivity contribution in [2.45, 2.75) is 19.4 Å². The highest BCUT2D eigenvalue weighted by Crippen LogP contribution is 2.26. The van der Waals surface area contributed by atoms with Crippen molar-refractivity contribution in [1.82, 2.24) is 0 Å². The third-order valence-corrected chi connectivity index (χ3v) is 2.44. The van der Waals surface area contributed by atoms with Gasteiger partial charge >= 0.3 is 0 Å². The summed E-state index contributed by atoms with van der Waals surface area (Å²) in [6, 6.07) is 5.69. The van der Waals surface area contributed by atoms with Gasteiger partial charge in [0.05, 0.1) is 0 Å². The first-order valence-corrected chi connectivity index (χ1v) is 4.74. The smallest absolute Gasteiger partial charge is 0.0496 e. The molecule has 0 aliphatic carbocycles. The van der Waals surface area contributed by atoms with E-state index in [0.717, 1.165) is 17.0 Å². The van der Waals surface area contributed by atoms with Crippen LogP contribution in [0.5, 0.6) is 0 Å². The molecule has 0 aliphatic rings. The summed E-state index contributed by atoms with van der Waals surface area (Å²) in [6.45, 7) is 5.76.